The highest BCUT2D eigenvalue weighted by Crippen LogP contribution is 2.37. The summed E-state index contributed by atoms with van der Waals surface area (Å²) in [4.78, 5) is 25.1. The van der Waals surface area contributed by atoms with Gasteiger partial charge in [0, 0.05) is 13.5 Å². The fraction of sp³-hybridized carbons (Fsp3) is 0.467. The van der Waals surface area contributed by atoms with Gasteiger partial charge in [0.1, 0.15) is 11.8 Å². The van der Waals surface area contributed by atoms with Crippen LogP contribution in [0.4, 0.5) is 18.9 Å². The second-order valence-corrected chi connectivity index (χ2v) is 5.27. The molecule has 2 amide bonds. The van der Waals surface area contributed by atoms with Crippen molar-refractivity contribution in [2.45, 2.75) is 32.0 Å². The van der Waals surface area contributed by atoms with Crippen molar-refractivity contribution in [3.63, 3.8) is 0 Å². The molecule has 1 aliphatic heterocycles. The maximum Gasteiger partial charge on any atom is 0.418 e. The molecule has 2 rings (SSSR count). The van der Waals surface area contributed by atoms with Crippen LogP contribution >= 0.6 is 0 Å². The SMILES string of the molecule is COc1ccc(NC(=O)C2CCCN2C(C)=O)c(C(F)(F)F)c1. The summed E-state index contributed by atoms with van der Waals surface area (Å²) in [6.45, 7) is 1.77. The Bertz CT molecular complexity index is 616. The Morgan fingerprint density at radius 1 is 1.35 bits per heavy atom. The van der Waals surface area contributed by atoms with Gasteiger partial charge in [-0.15, -0.1) is 0 Å². The second kappa shape index (κ2) is 6.47. The Labute approximate surface area is 131 Å². The van der Waals surface area contributed by atoms with Crippen LogP contribution in [0.3, 0.4) is 0 Å². The van der Waals surface area contributed by atoms with E-state index >= 15 is 0 Å². The molecule has 0 aliphatic carbocycles. The van der Waals surface area contributed by atoms with Crippen LogP contribution in [0, 0.1) is 0 Å². The Hall–Kier alpha value is -2.25. The highest BCUT2D eigenvalue weighted by molar-refractivity contribution is 5.98. The lowest BCUT2D eigenvalue weighted by molar-refractivity contribution is -0.137. The third-order valence-electron chi connectivity index (χ3n) is 3.75. The molecule has 1 saturated heterocycles. The summed E-state index contributed by atoms with van der Waals surface area (Å²) in [5, 5.41) is 2.29. The predicted octanol–water partition coefficient (Wildman–Crippen LogP) is 2.66. The van der Waals surface area contributed by atoms with E-state index < -0.39 is 23.7 Å². The Balaban J connectivity index is 2.26. The molecular formula is C15H17F3N2O3. The maximum atomic E-state index is 13.1. The molecule has 1 aromatic rings. The smallest absolute Gasteiger partial charge is 0.418 e. The van der Waals surface area contributed by atoms with Crippen molar-refractivity contribution in [2.24, 2.45) is 0 Å². The van der Waals surface area contributed by atoms with Crippen molar-refractivity contribution in [3.8, 4) is 5.75 Å². The van der Waals surface area contributed by atoms with Crippen LogP contribution in [0.1, 0.15) is 25.3 Å². The van der Waals surface area contributed by atoms with Gasteiger partial charge < -0.3 is 15.0 Å². The second-order valence-electron chi connectivity index (χ2n) is 5.27. The van der Waals surface area contributed by atoms with Crippen LogP contribution in [-0.4, -0.2) is 36.4 Å². The van der Waals surface area contributed by atoms with E-state index in [1.165, 1.54) is 25.0 Å². The van der Waals surface area contributed by atoms with E-state index in [4.69, 9.17) is 4.74 Å². The zero-order valence-electron chi connectivity index (χ0n) is 12.7. The summed E-state index contributed by atoms with van der Waals surface area (Å²) in [7, 11) is 1.26. The van der Waals surface area contributed by atoms with Crippen molar-refractivity contribution in [1.82, 2.24) is 4.90 Å². The average molecular weight is 330 g/mol. The number of methoxy groups -OCH3 is 1. The number of nitrogens with one attached hydrogen (secondary N) is 1. The van der Waals surface area contributed by atoms with E-state index in [1.54, 1.807) is 0 Å². The summed E-state index contributed by atoms with van der Waals surface area (Å²) >= 11 is 0. The van der Waals surface area contributed by atoms with E-state index in [2.05, 4.69) is 5.32 Å². The lowest BCUT2D eigenvalue weighted by atomic mass is 10.1. The molecule has 126 valence electrons. The van der Waals surface area contributed by atoms with Gasteiger partial charge in [0.25, 0.3) is 0 Å². The number of carbonyl (C=O) groups is 2. The fourth-order valence-corrected chi connectivity index (χ4v) is 2.63. The normalized spacial score (nSPS) is 18.0. The van der Waals surface area contributed by atoms with Gasteiger partial charge in [-0.1, -0.05) is 0 Å². The zero-order valence-corrected chi connectivity index (χ0v) is 12.7. The van der Waals surface area contributed by atoms with Crippen molar-refractivity contribution < 1.29 is 27.5 Å². The van der Waals surface area contributed by atoms with Gasteiger partial charge in [0.2, 0.25) is 11.8 Å². The first-order valence-corrected chi connectivity index (χ1v) is 7.07. The molecular weight excluding hydrogens is 313 g/mol. The van der Waals surface area contributed by atoms with Crippen LogP contribution in [0.15, 0.2) is 18.2 Å². The molecule has 0 saturated carbocycles. The van der Waals surface area contributed by atoms with Crippen LogP contribution in [0.5, 0.6) is 5.75 Å². The number of amides is 2. The van der Waals surface area contributed by atoms with Crippen LogP contribution < -0.4 is 10.1 Å². The van der Waals surface area contributed by atoms with Gasteiger partial charge in [0.05, 0.1) is 18.4 Å². The number of rotatable bonds is 3. The molecule has 1 aliphatic rings. The number of halogens is 3. The molecule has 1 fully saturated rings. The number of anilines is 1. The Morgan fingerprint density at radius 2 is 2.04 bits per heavy atom. The minimum Gasteiger partial charge on any atom is -0.497 e. The standard InChI is InChI=1S/C15H17F3N2O3/c1-9(21)20-7-3-4-13(20)14(22)19-12-6-5-10(23-2)8-11(12)15(16,17)18/h5-6,8,13H,3-4,7H2,1-2H3,(H,19,22). The van der Waals surface area contributed by atoms with Crippen molar-refractivity contribution >= 4 is 17.5 Å². The molecule has 1 unspecified atom stereocenters. The lowest BCUT2D eigenvalue weighted by Crippen LogP contribution is -2.42. The number of likely N-dealkylation sites (tertiary alicyclic amines) is 1. The summed E-state index contributed by atoms with van der Waals surface area (Å²) in [6, 6.07) is 2.57. The van der Waals surface area contributed by atoms with Crippen molar-refractivity contribution in [1.29, 1.82) is 0 Å². The molecule has 5 nitrogen and oxygen atoms in total. The number of carbonyl (C=O) groups excluding carboxylic acids is 2. The molecule has 8 heteroatoms. The van der Waals surface area contributed by atoms with Gasteiger partial charge in [-0.05, 0) is 31.0 Å². The molecule has 0 aromatic heterocycles. The largest absolute Gasteiger partial charge is 0.497 e. The first-order chi connectivity index (χ1) is 10.7. The highest BCUT2D eigenvalue weighted by Gasteiger charge is 2.37. The third kappa shape index (κ3) is 3.75. The topological polar surface area (TPSA) is 58.6 Å². The van der Waals surface area contributed by atoms with Gasteiger partial charge >= 0.3 is 6.18 Å². The lowest BCUT2D eigenvalue weighted by Gasteiger charge is -2.23. The summed E-state index contributed by atoms with van der Waals surface area (Å²) in [5.74, 6) is -0.844. The molecule has 1 heterocycles. The Kier molecular flexibility index (Phi) is 4.82. The van der Waals surface area contributed by atoms with Gasteiger partial charge in [-0.2, -0.15) is 13.2 Å². The summed E-state index contributed by atoms with van der Waals surface area (Å²) < 4.78 is 44.2. The minimum atomic E-state index is -4.63. The van der Waals surface area contributed by atoms with E-state index in [-0.39, 0.29) is 17.3 Å². The maximum absolute atomic E-state index is 13.1. The van der Waals surface area contributed by atoms with Gasteiger partial charge in [0.15, 0.2) is 0 Å². The van der Waals surface area contributed by atoms with Gasteiger partial charge in [-0.3, -0.25) is 9.59 Å². The zero-order chi connectivity index (χ0) is 17.2. The summed E-state index contributed by atoms with van der Waals surface area (Å²) in [6.07, 6.45) is -3.55. The van der Waals surface area contributed by atoms with E-state index in [9.17, 15) is 22.8 Å². The predicted molar refractivity (Wildman–Crippen MR) is 77.0 cm³/mol. The third-order valence-corrected chi connectivity index (χ3v) is 3.75. The monoisotopic (exact) mass is 330 g/mol. The molecule has 0 radical (unpaired) electrons. The molecule has 0 bridgehead atoms. The molecule has 0 spiro atoms. The molecule has 1 N–H and O–H groups in total. The van der Waals surface area contributed by atoms with E-state index in [0.717, 1.165) is 12.1 Å². The fourth-order valence-electron chi connectivity index (χ4n) is 2.63. The molecule has 1 atom stereocenters. The van der Waals surface area contributed by atoms with Crippen LogP contribution in [-0.2, 0) is 15.8 Å². The number of hydrogen-bond acceptors (Lipinski definition) is 3. The first kappa shape index (κ1) is 17.1. The summed E-state index contributed by atoms with van der Waals surface area (Å²) in [5.41, 5.74) is -1.34. The molecule has 1 aromatic carbocycles. The number of benzene rings is 1. The first-order valence-electron chi connectivity index (χ1n) is 7.07. The Morgan fingerprint density at radius 3 is 2.61 bits per heavy atom. The van der Waals surface area contributed by atoms with E-state index in [1.807, 2.05) is 0 Å². The van der Waals surface area contributed by atoms with E-state index in [0.29, 0.717) is 19.4 Å². The minimum absolute atomic E-state index is 0.0431. The van der Waals surface area contributed by atoms with Crippen molar-refractivity contribution in [2.75, 3.05) is 19.0 Å². The highest BCUT2D eigenvalue weighted by atomic mass is 19.4. The molecule has 23 heavy (non-hydrogen) atoms. The van der Waals surface area contributed by atoms with Crippen LogP contribution in [0.25, 0.3) is 0 Å². The van der Waals surface area contributed by atoms with Gasteiger partial charge in [-0.25, -0.2) is 0 Å². The number of ether oxygens (including phenoxy) is 1. The average Bonchev–Trinajstić information content (AvgIpc) is 2.96. The number of nitrogens with zero attached hydrogens (tertiary/aromatic N) is 1. The van der Waals surface area contributed by atoms with Crippen LogP contribution in [0.2, 0.25) is 0 Å². The number of hydrogen-bond donors (Lipinski definition) is 1. The van der Waals surface area contributed by atoms with Crippen molar-refractivity contribution in [3.05, 3.63) is 23.8 Å². The quantitative estimate of drug-likeness (QED) is 0.927. The number of alkyl halides is 3.